The molecule has 0 aliphatic rings. The van der Waals surface area contributed by atoms with Gasteiger partial charge in [0.1, 0.15) is 5.75 Å². The second kappa shape index (κ2) is 7.81. The Bertz CT molecular complexity index is 720. The lowest BCUT2D eigenvalue weighted by Crippen LogP contribution is -2.03. The van der Waals surface area contributed by atoms with Crippen molar-refractivity contribution in [2.24, 2.45) is 0 Å². The molecule has 0 spiro atoms. The molecule has 2 aromatic carbocycles. The summed E-state index contributed by atoms with van der Waals surface area (Å²) in [5, 5.41) is 9.82. The summed E-state index contributed by atoms with van der Waals surface area (Å²) in [5.41, 5.74) is 2.97. The zero-order valence-corrected chi connectivity index (χ0v) is 13.6. The Morgan fingerprint density at radius 1 is 1.22 bits per heavy atom. The number of aryl methyl sites for hydroxylation is 1. The molecule has 0 atom stereocenters. The number of aliphatic carboxylic acids is 1. The van der Waals surface area contributed by atoms with Crippen LogP contribution in [0.1, 0.15) is 16.7 Å². The molecule has 120 valence electrons. The lowest BCUT2D eigenvalue weighted by molar-refractivity contribution is -0.131. The molecule has 0 saturated heterocycles. The van der Waals surface area contributed by atoms with Gasteiger partial charge in [-0.1, -0.05) is 35.4 Å². The lowest BCUT2D eigenvalue weighted by Gasteiger charge is -2.15. The lowest BCUT2D eigenvalue weighted by atomic mass is 9.95. The van der Waals surface area contributed by atoms with Gasteiger partial charge in [0.2, 0.25) is 0 Å². The third kappa shape index (κ3) is 4.58. The van der Waals surface area contributed by atoms with Crippen LogP contribution in [0.3, 0.4) is 0 Å². The van der Waals surface area contributed by atoms with Crippen molar-refractivity contribution in [1.82, 2.24) is 0 Å². The van der Waals surface area contributed by atoms with E-state index in [4.69, 9.17) is 21.1 Å². The first-order chi connectivity index (χ1) is 11.0. The van der Waals surface area contributed by atoms with Crippen LogP contribution < -0.4 is 4.74 Å². The van der Waals surface area contributed by atoms with Crippen LogP contribution in [0.2, 0.25) is 5.02 Å². The minimum Gasteiger partial charge on any atom is -0.478 e. The van der Waals surface area contributed by atoms with Crippen molar-refractivity contribution >= 4 is 23.1 Å². The molecule has 1 N–H and O–H groups in total. The third-order valence-electron chi connectivity index (χ3n) is 3.18. The molecular weight excluding hydrogens is 316 g/mol. The van der Waals surface area contributed by atoms with Crippen LogP contribution in [0.5, 0.6) is 5.75 Å². The number of carboxylic acids is 1. The van der Waals surface area contributed by atoms with Crippen LogP contribution in [0.4, 0.5) is 0 Å². The molecular formula is C18H17ClO4. The number of hydrogen-bond acceptors (Lipinski definition) is 3. The highest BCUT2D eigenvalue weighted by Crippen LogP contribution is 2.32. The van der Waals surface area contributed by atoms with Gasteiger partial charge in [0.15, 0.2) is 6.79 Å². The molecule has 0 fully saturated rings. The van der Waals surface area contributed by atoms with Crippen molar-refractivity contribution in [1.29, 1.82) is 0 Å². The van der Waals surface area contributed by atoms with Crippen molar-refractivity contribution in [3.63, 3.8) is 0 Å². The Morgan fingerprint density at radius 3 is 2.52 bits per heavy atom. The van der Waals surface area contributed by atoms with E-state index < -0.39 is 5.97 Å². The topological polar surface area (TPSA) is 55.8 Å². The first-order valence-electron chi connectivity index (χ1n) is 6.94. The van der Waals surface area contributed by atoms with Gasteiger partial charge >= 0.3 is 5.97 Å². The number of methoxy groups -OCH3 is 1. The van der Waals surface area contributed by atoms with Crippen LogP contribution in [0.15, 0.2) is 48.5 Å². The maximum absolute atomic E-state index is 11.3. The molecule has 23 heavy (non-hydrogen) atoms. The van der Waals surface area contributed by atoms with E-state index in [1.807, 2.05) is 19.1 Å². The van der Waals surface area contributed by atoms with E-state index in [1.54, 1.807) is 30.3 Å². The van der Waals surface area contributed by atoms with Gasteiger partial charge in [-0.15, -0.1) is 0 Å². The van der Waals surface area contributed by atoms with Gasteiger partial charge in [-0.3, -0.25) is 0 Å². The number of ether oxygens (including phenoxy) is 2. The molecule has 0 aliphatic carbocycles. The number of rotatable bonds is 6. The summed E-state index contributed by atoms with van der Waals surface area (Å²) in [4.78, 5) is 11.3. The predicted octanol–water partition coefficient (Wildman–Crippen LogP) is 4.15. The Kier molecular flexibility index (Phi) is 5.79. The molecule has 0 saturated carbocycles. The Labute approximate surface area is 139 Å². The van der Waals surface area contributed by atoms with Crippen LogP contribution in [-0.4, -0.2) is 25.0 Å². The van der Waals surface area contributed by atoms with Crippen molar-refractivity contribution in [3.8, 4) is 5.75 Å². The number of carboxylic acid groups (broad SMARTS) is 1. The van der Waals surface area contributed by atoms with Gasteiger partial charge < -0.3 is 14.6 Å². The summed E-state index contributed by atoms with van der Waals surface area (Å²) >= 11 is 5.92. The van der Waals surface area contributed by atoms with Crippen molar-refractivity contribution in [2.45, 2.75) is 6.92 Å². The number of carbonyl (C=O) groups is 1. The second-order valence-corrected chi connectivity index (χ2v) is 5.39. The summed E-state index contributed by atoms with van der Waals surface area (Å²) in [7, 11) is 1.53. The van der Waals surface area contributed by atoms with Crippen LogP contribution in [0, 0.1) is 6.92 Å². The number of benzene rings is 2. The molecule has 0 bridgehead atoms. The van der Waals surface area contributed by atoms with Gasteiger partial charge in [0, 0.05) is 23.8 Å². The molecule has 0 aliphatic heterocycles. The smallest absolute Gasteiger partial charge is 0.328 e. The van der Waals surface area contributed by atoms with Gasteiger partial charge in [-0.2, -0.15) is 0 Å². The fraction of sp³-hybridized carbons (Fsp3) is 0.167. The molecule has 4 nitrogen and oxygen atoms in total. The summed E-state index contributed by atoms with van der Waals surface area (Å²) in [5.74, 6) is -0.478. The molecule has 2 rings (SSSR count). The first-order valence-corrected chi connectivity index (χ1v) is 7.32. The maximum atomic E-state index is 11.3. The largest absolute Gasteiger partial charge is 0.478 e. The summed E-state index contributed by atoms with van der Waals surface area (Å²) in [6, 6.07) is 12.6. The molecule has 5 heteroatoms. The molecule has 0 aromatic heterocycles. The highest BCUT2D eigenvalue weighted by molar-refractivity contribution is 6.30. The van der Waals surface area contributed by atoms with E-state index in [1.165, 1.54) is 7.11 Å². The van der Waals surface area contributed by atoms with Gasteiger partial charge in [0.25, 0.3) is 0 Å². The average Bonchev–Trinajstić information content (AvgIpc) is 2.52. The van der Waals surface area contributed by atoms with Crippen LogP contribution >= 0.6 is 11.6 Å². The average molecular weight is 333 g/mol. The SMILES string of the molecule is COCOc1ccc(C)cc1C(=CC(=O)O)c1ccc(Cl)cc1. The van der Waals surface area contributed by atoms with Crippen molar-refractivity contribution < 1.29 is 19.4 Å². The van der Waals surface area contributed by atoms with E-state index >= 15 is 0 Å². The van der Waals surface area contributed by atoms with Gasteiger partial charge in [0.05, 0.1) is 0 Å². The quantitative estimate of drug-likeness (QED) is 0.638. The Balaban J connectivity index is 2.57. The minimum atomic E-state index is -1.03. The molecule has 0 unspecified atom stereocenters. The number of hydrogen-bond donors (Lipinski definition) is 1. The van der Waals surface area contributed by atoms with Crippen LogP contribution in [0.25, 0.3) is 5.57 Å². The van der Waals surface area contributed by atoms with Crippen LogP contribution in [-0.2, 0) is 9.53 Å². The van der Waals surface area contributed by atoms with E-state index in [0.717, 1.165) is 17.2 Å². The normalized spacial score (nSPS) is 11.3. The fourth-order valence-electron chi connectivity index (χ4n) is 2.17. The molecule has 0 heterocycles. The summed E-state index contributed by atoms with van der Waals surface area (Å²) in [6.07, 6.45) is 1.16. The van der Waals surface area contributed by atoms with E-state index in [-0.39, 0.29) is 6.79 Å². The van der Waals surface area contributed by atoms with Gasteiger partial charge in [-0.05, 0) is 42.3 Å². The minimum absolute atomic E-state index is 0.0804. The Morgan fingerprint density at radius 2 is 1.91 bits per heavy atom. The first kappa shape index (κ1) is 17.1. The monoisotopic (exact) mass is 332 g/mol. The molecule has 2 aromatic rings. The van der Waals surface area contributed by atoms with Crippen molar-refractivity contribution in [2.75, 3.05) is 13.9 Å². The van der Waals surface area contributed by atoms with E-state index in [2.05, 4.69) is 0 Å². The summed E-state index contributed by atoms with van der Waals surface area (Å²) < 4.78 is 10.5. The maximum Gasteiger partial charge on any atom is 0.328 e. The zero-order valence-electron chi connectivity index (χ0n) is 12.9. The highest BCUT2D eigenvalue weighted by atomic mass is 35.5. The molecule has 0 amide bonds. The van der Waals surface area contributed by atoms with E-state index in [0.29, 0.717) is 21.9 Å². The molecule has 0 radical (unpaired) electrons. The zero-order chi connectivity index (χ0) is 16.8. The van der Waals surface area contributed by atoms with Gasteiger partial charge in [-0.25, -0.2) is 4.79 Å². The van der Waals surface area contributed by atoms with Crippen molar-refractivity contribution in [3.05, 3.63) is 70.3 Å². The standard InChI is InChI=1S/C18H17ClO4/c1-12-3-8-17(23-11-22-2)16(9-12)15(10-18(20)21)13-4-6-14(19)7-5-13/h3-10H,11H2,1-2H3,(H,20,21). The fourth-order valence-corrected chi connectivity index (χ4v) is 2.30. The number of halogens is 1. The van der Waals surface area contributed by atoms with E-state index in [9.17, 15) is 9.90 Å². The predicted molar refractivity (Wildman–Crippen MR) is 89.8 cm³/mol. The second-order valence-electron chi connectivity index (χ2n) is 4.95. The highest BCUT2D eigenvalue weighted by Gasteiger charge is 2.13. The summed E-state index contributed by atoms with van der Waals surface area (Å²) in [6.45, 7) is 2.01. The third-order valence-corrected chi connectivity index (χ3v) is 3.43. The Hall–Kier alpha value is -2.30.